The highest BCUT2D eigenvalue weighted by atomic mass is 16.5. The van der Waals surface area contributed by atoms with E-state index < -0.39 is 17.8 Å². The molecule has 0 bridgehead atoms. The Balaban J connectivity index is 1.89. The van der Waals surface area contributed by atoms with Gasteiger partial charge in [-0.3, -0.25) is 4.79 Å². The lowest BCUT2D eigenvalue weighted by Crippen LogP contribution is -2.41. The molecule has 0 saturated carbocycles. The largest absolute Gasteiger partial charge is 0.550 e. The molecule has 1 aliphatic carbocycles. The van der Waals surface area contributed by atoms with Crippen molar-refractivity contribution in [3.8, 4) is 5.75 Å². The lowest BCUT2D eigenvalue weighted by atomic mass is 9.82. The van der Waals surface area contributed by atoms with E-state index in [0.29, 0.717) is 25.1 Å². The number of rotatable bonds is 8. The fraction of sp³-hybridized carbons (Fsp3) is 0.474. The Bertz CT molecular complexity index is 580. The number of carbonyl (C=O) groups is 2. The molecular formula is C19H24NO4-. The Kier molecular flexibility index (Phi) is 6.85. The molecule has 1 aromatic carbocycles. The zero-order chi connectivity index (χ0) is 17.4. The number of amides is 1. The number of carboxylic acid groups (broad SMARTS) is 1. The number of anilines is 1. The summed E-state index contributed by atoms with van der Waals surface area (Å²) in [7, 11) is 0. The zero-order valence-electron chi connectivity index (χ0n) is 14.0. The smallest absolute Gasteiger partial charge is 0.228 e. The van der Waals surface area contributed by atoms with E-state index in [4.69, 9.17) is 4.74 Å². The highest BCUT2D eigenvalue weighted by molar-refractivity contribution is 5.95. The molecule has 5 nitrogen and oxygen atoms in total. The van der Waals surface area contributed by atoms with Crippen molar-refractivity contribution in [2.24, 2.45) is 11.8 Å². The Morgan fingerprint density at radius 2 is 1.79 bits per heavy atom. The quantitative estimate of drug-likeness (QED) is 0.587. The van der Waals surface area contributed by atoms with Crippen LogP contribution in [0.4, 0.5) is 5.69 Å². The van der Waals surface area contributed by atoms with E-state index >= 15 is 0 Å². The van der Waals surface area contributed by atoms with Gasteiger partial charge in [-0.1, -0.05) is 31.9 Å². The first-order valence-corrected chi connectivity index (χ1v) is 8.51. The minimum Gasteiger partial charge on any atom is -0.550 e. The van der Waals surface area contributed by atoms with Crippen LogP contribution in [-0.4, -0.2) is 18.5 Å². The van der Waals surface area contributed by atoms with Crippen molar-refractivity contribution in [3.63, 3.8) is 0 Å². The van der Waals surface area contributed by atoms with Gasteiger partial charge in [0, 0.05) is 17.6 Å². The number of hydrogen-bond acceptors (Lipinski definition) is 4. The van der Waals surface area contributed by atoms with Gasteiger partial charge in [-0.25, -0.2) is 0 Å². The molecule has 1 amide bonds. The average molecular weight is 330 g/mol. The highest BCUT2D eigenvalue weighted by Crippen LogP contribution is 2.27. The fourth-order valence-corrected chi connectivity index (χ4v) is 2.78. The van der Waals surface area contributed by atoms with E-state index in [0.717, 1.165) is 25.0 Å². The van der Waals surface area contributed by atoms with Gasteiger partial charge in [0.2, 0.25) is 5.91 Å². The lowest BCUT2D eigenvalue weighted by molar-refractivity contribution is -0.313. The van der Waals surface area contributed by atoms with Crippen LogP contribution in [0.15, 0.2) is 36.4 Å². The Labute approximate surface area is 142 Å². The SMILES string of the molecule is CCCCCOc1ccc(NC(=O)C2CC=CCC2C(=O)[O-])cc1. The molecule has 0 aliphatic heterocycles. The molecule has 5 heteroatoms. The minimum atomic E-state index is -1.17. The molecule has 0 saturated heterocycles. The normalized spacial score (nSPS) is 19.7. The summed E-state index contributed by atoms with van der Waals surface area (Å²) in [4.78, 5) is 23.5. The van der Waals surface area contributed by atoms with Crippen LogP contribution in [0.2, 0.25) is 0 Å². The number of nitrogens with one attached hydrogen (secondary N) is 1. The third kappa shape index (κ3) is 5.11. The topological polar surface area (TPSA) is 78.5 Å². The Morgan fingerprint density at radius 1 is 1.12 bits per heavy atom. The molecule has 0 radical (unpaired) electrons. The monoisotopic (exact) mass is 330 g/mol. The summed E-state index contributed by atoms with van der Waals surface area (Å²) >= 11 is 0. The first-order valence-electron chi connectivity index (χ1n) is 8.51. The van der Waals surface area contributed by atoms with Crippen LogP contribution in [0, 0.1) is 11.8 Å². The number of ether oxygens (including phenoxy) is 1. The van der Waals surface area contributed by atoms with Gasteiger partial charge in [0.15, 0.2) is 0 Å². The van der Waals surface area contributed by atoms with E-state index in [2.05, 4.69) is 12.2 Å². The predicted octanol–water partition coefficient (Wildman–Crippen LogP) is 2.53. The first-order chi connectivity index (χ1) is 11.6. The third-order valence-corrected chi connectivity index (χ3v) is 4.21. The molecule has 1 N–H and O–H groups in total. The second-order valence-corrected chi connectivity index (χ2v) is 6.04. The minimum absolute atomic E-state index is 0.287. The average Bonchev–Trinajstić information content (AvgIpc) is 2.60. The van der Waals surface area contributed by atoms with E-state index in [-0.39, 0.29) is 5.91 Å². The zero-order valence-corrected chi connectivity index (χ0v) is 14.0. The van der Waals surface area contributed by atoms with E-state index in [9.17, 15) is 14.7 Å². The predicted molar refractivity (Wildman–Crippen MR) is 90.5 cm³/mol. The molecule has 2 atom stereocenters. The second kappa shape index (κ2) is 9.11. The van der Waals surface area contributed by atoms with Gasteiger partial charge in [0.25, 0.3) is 0 Å². The maximum Gasteiger partial charge on any atom is 0.228 e. The summed E-state index contributed by atoms with van der Waals surface area (Å²) in [6.07, 6.45) is 7.70. The van der Waals surface area contributed by atoms with Crippen molar-refractivity contribution in [3.05, 3.63) is 36.4 Å². The van der Waals surface area contributed by atoms with Crippen LogP contribution < -0.4 is 15.2 Å². The summed E-state index contributed by atoms with van der Waals surface area (Å²) in [5.74, 6) is -2.06. The van der Waals surface area contributed by atoms with Gasteiger partial charge in [0.1, 0.15) is 5.75 Å². The maximum atomic E-state index is 12.3. The summed E-state index contributed by atoms with van der Waals surface area (Å²) < 4.78 is 5.63. The molecule has 2 rings (SSSR count). The van der Waals surface area contributed by atoms with Crippen molar-refractivity contribution < 1.29 is 19.4 Å². The number of hydrogen-bond donors (Lipinski definition) is 1. The lowest BCUT2D eigenvalue weighted by Gasteiger charge is -2.28. The van der Waals surface area contributed by atoms with Gasteiger partial charge < -0.3 is 20.0 Å². The van der Waals surface area contributed by atoms with Crippen LogP contribution in [0.5, 0.6) is 5.75 Å². The molecule has 0 spiro atoms. The Morgan fingerprint density at radius 3 is 2.42 bits per heavy atom. The van der Waals surface area contributed by atoms with Gasteiger partial charge >= 0.3 is 0 Å². The van der Waals surface area contributed by atoms with Crippen molar-refractivity contribution >= 4 is 17.6 Å². The fourth-order valence-electron chi connectivity index (χ4n) is 2.78. The van der Waals surface area contributed by atoms with E-state index in [1.54, 1.807) is 30.3 Å². The van der Waals surface area contributed by atoms with Crippen LogP contribution in [0.25, 0.3) is 0 Å². The molecule has 1 aromatic rings. The van der Waals surface area contributed by atoms with Crippen molar-refractivity contribution in [2.45, 2.75) is 39.0 Å². The number of benzene rings is 1. The van der Waals surface area contributed by atoms with Crippen LogP contribution in [0.3, 0.4) is 0 Å². The molecular weight excluding hydrogens is 306 g/mol. The summed E-state index contributed by atoms with van der Waals surface area (Å²) in [6.45, 7) is 2.83. The number of unbranched alkanes of at least 4 members (excludes halogenated alkanes) is 2. The van der Waals surface area contributed by atoms with Gasteiger partial charge in [-0.2, -0.15) is 0 Å². The van der Waals surface area contributed by atoms with E-state index in [1.807, 2.05) is 6.08 Å². The van der Waals surface area contributed by atoms with Crippen molar-refractivity contribution in [1.29, 1.82) is 0 Å². The summed E-state index contributed by atoms with van der Waals surface area (Å²) in [5.41, 5.74) is 0.632. The summed E-state index contributed by atoms with van der Waals surface area (Å²) in [6, 6.07) is 7.14. The number of carbonyl (C=O) groups excluding carboxylic acids is 2. The first kappa shape index (κ1) is 18.0. The number of allylic oxidation sites excluding steroid dienone is 2. The highest BCUT2D eigenvalue weighted by Gasteiger charge is 2.29. The number of aliphatic carboxylic acids is 1. The second-order valence-electron chi connectivity index (χ2n) is 6.04. The number of carboxylic acids is 1. The molecule has 0 fully saturated rings. The molecule has 0 heterocycles. The molecule has 1 aliphatic rings. The maximum absolute atomic E-state index is 12.3. The molecule has 24 heavy (non-hydrogen) atoms. The van der Waals surface area contributed by atoms with Crippen LogP contribution in [0.1, 0.15) is 39.0 Å². The summed E-state index contributed by atoms with van der Waals surface area (Å²) in [5, 5.41) is 14.0. The van der Waals surface area contributed by atoms with Gasteiger partial charge in [0.05, 0.1) is 12.5 Å². The van der Waals surface area contributed by atoms with Gasteiger partial charge in [-0.05, 0) is 43.5 Å². The Hall–Kier alpha value is -2.30. The molecule has 2 unspecified atom stereocenters. The van der Waals surface area contributed by atoms with Crippen LogP contribution >= 0.6 is 0 Å². The van der Waals surface area contributed by atoms with Crippen molar-refractivity contribution in [1.82, 2.24) is 0 Å². The van der Waals surface area contributed by atoms with Crippen LogP contribution in [-0.2, 0) is 9.59 Å². The molecule has 130 valence electrons. The molecule has 0 aromatic heterocycles. The van der Waals surface area contributed by atoms with E-state index in [1.165, 1.54) is 0 Å². The van der Waals surface area contributed by atoms with Crippen molar-refractivity contribution in [2.75, 3.05) is 11.9 Å². The third-order valence-electron chi connectivity index (χ3n) is 4.21. The standard InChI is InChI=1S/C19H25NO4/c1-2-3-6-13-24-15-11-9-14(10-12-15)20-18(21)16-7-4-5-8-17(16)19(22)23/h4-5,9-12,16-17H,2-3,6-8,13H2,1H3,(H,20,21)(H,22,23)/p-1. The van der Waals surface area contributed by atoms with Gasteiger partial charge in [-0.15, -0.1) is 0 Å².